The van der Waals surface area contributed by atoms with E-state index in [-0.39, 0.29) is 11.8 Å². The van der Waals surface area contributed by atoms with Gasteiger partial charge in [0.2, 0.25) is 11.9 Å². The van der Waals surface area contributed by atoms with Crippen LogP contribution in [0.1, 0.15) is 29.4 Å². The van der Waals surface area contributed by atoms with Crippen molar-refractivity contribution in [1.29, 1.82) is 0 Å². The summed E-state index contributed by atoms with van der Waals surface area (Å²) in [7, 11) is 1.62. The highest BCUT2D eigenvalue weighted by molar-refractivity contribution is 5.99. The highest BCUT2D eigenvalue weighted by Crippen LogP contribution is 2.25. The Bertz CT molecular complexity index is 814. The number of pyridine rings is 1. The van der Waals surface area contributed by atoms with Crippen LogP contribution < -0.4 is 10.6 Å². The molecule has 1 aliphatic rings. The molecule has 0 unspecified atom stereocenters. The number of hydrogen-bond donors (Lipinski definition) is 2. The van der Waals surface area contributed by atoms with Gasteiger partial charge in [-0.3, -0.25) is 9.59 Å². The average molecular weight is 370 g/mol. The summed E-state index contributed by atoms with van der Waals surface area (Å²) >= 11 is 0. The number of rotatable bonds is 8. The predicted octanol–water partition coefficient (Wildman–Crippen LogP) is 1.11. The number of fused-ring (bicyclic) bond motifs is 1. The molecule has 3 heterocycles. The Morgan fingerprint density at radius 2 is 2.11 bits per heavy atom. The third kappa shape index (κ3) is 4.37. The minimum absolute atomic E-state index is 0.191. The van der Waals surface area contributed by atoms with Crippen LogP contribution in [0.4, 0.5) is 11.8 Å². The zero-order chi connectivity index (χ0) is 19.2. The zero-order valence-electron chi connectivity index (χ0n) is 15.3. The molecule has 2 N–H and O–H groups in total. The number of hydrogen-bond acceptors (Lipinski definition) is 7. The summed E-state index contributed by atoms with van der Waals surface area (Å²) in [6.07, 6.45) is 3.95. The number of anilines is 2. The first-order valence-corrected chi connectivity index (χ1v) is 8.71. The first-order chi connectivity index (χ1) is 13.1. The molecule has 1 aliphatic heterocycles. The molecule has 3 rings (SSSR count). The van der Waals surface area contributed by atoms with Gasteiger partial charge in [-0.1, -0.05) is 6.07 Å². The van der Waals surface area contributed by atoms with E-state index < -0.39 is 6.04 Å². The Morgan fingerprint density at radius 1 is 1.33 bits per heavy atom. The summed E-state index contributed by atoms with van der Waals surface area (Å²) < 4.78 is 4.96. The van der Waals surface area contributed by atoms with Gasteiger partial charge in [-0.2, -0.15) is 0 Å². The normalized spacial score (nSPS) is 14.0. The van der Waals surface area contributed by atoms with Crippen molar-refractivity contribution in [2.24, 2.45) is 0 Å². The summed E-state index contributed by atoms with van der Waals surface area (Å²) in [5, 5.41) is 5.79. The predicted molar refractivity (Wildman–Crippen MR) is 98.4 cm³/mol. The van der Waals surface area contributed by atoms with Crippen LogP contribution in [-0.2, 0) is 16.1 Å². The van der Waals surface area contributed by atoms with Gasteiger partial charge in [0.1, 0.15) is 17.6 Å². The number of carbonyl (C=O) groups excluding carboxylic acids is 2. The van der Waals surface area contributed by atoms with Gasteiger partial charge in [0.15, 0.2) is 0 Å². The first kappa shape index (κ1) is 18.7. The number of methoxy groups -OCH3 is 1. The molecule has 0 bridgehead atoms. The second kappa shape index (κ2) is 8.54. The third-order valence-electron chi connectivity index (χ3n) is 4.26. The van der Waals surface area contributed by atoms with Crippen LogP contribution in [0.15, 0.2) is 30.6 Å². The van der Waals surface area contributed by atoms with Crippen molar-refractivity contribution in [2.45, 2.75) is 25.9 Å². The largest absolute Gasteiger partial charge is 0.385 e. The lowest BCUT2D eigenvalue weighted by atomic mass is 10.2. The molecule has 0 fully saturated rings. The van der Waals surface area contributed by atoms with E-state index in [9.17, 15) is 9.59 Å². The molecule has 9 heteroatoms. The molecule has 2 aromatic rings. The van der Waals surface area contributed by atoms with E-state index in [1.807, 2.05) is 6.07 Å². The zero-order valence-corrected chi connectivity index (χ0v) is 15.3. The number of carbonyl (C=O) groups is 2. The maximum absolute atomic E-state index is 12.7. The molecule has 0 aliphatic carbocycles. The van der Waals surface area contributed by atoms with E-state index in [2.05, 4.69) is 25.6 Å². The molecule has 1 atom stereocenters. The maximum atomic E-state index is 12.7. The van der Waals surface area contributed by atoms with Crippen molar-refractivity contribution in [3.8, 4) is 0 Å². The summed E-state index contributed by atoms with van der Waals surface area (Å²) in [5.74, 6) is 0.424. The second-order valence-corrected chi connectivity index (χ2v) is 6.15. The SMILES string of the molecule is COCCCNC(=O)[C@@H](C)N1Cc2ccc(Nc3ncccn3)nc2C1=O. The van der Waals surface area contributed by atoms with Crippen molar-refractivity contribution < 1.29 is 14.3 Å². The highest BCUT2D eigenvalue weighted by atomic mass is 16.5. The van der Waals surface area contributed by atoms with Crippen LogP contribution in [-0.4, -0.2) is 58.0 Å². The van der Waals surface area contributed by atoms with Gasteiger partial charge in [0, 0.05) is 44.8 Å². The summed E-state index contributed by atoms with van der Waals surface area (Å²) in [6.45, 7) is 3.16. The van der Waals surface area contributed by atoms with Crippen LogP contribution in [0.25, 0.3) is 0 Å². The minimum Gasteiger partial charge on any atom is -0.385 e. The van der Waals surface area contributed by atoms with Gasteiger partial charge < -0.3 is 20.3 Å². The molecule has 0 aromatic carbocycles. The Hall–Kier alpha value is -3.07. The fourth-order valence-corrected chi connectivity index (χ4v) is 2.77. The average Bonchev–Trinajstić information content (AvgIpc) is 3.01. The van der Waals surface area contributed by atoms with E-state index in [0.717, 1.165) is 12.0 Å². The topological polar surface area (TPSA) is 109 Å². The molecular weight excluding hydrogens is 348 g/mol. The highest BCUT2D eigenvalue weighted by Gasteiger charge is 2.35. The number of nitrogens with zero attached hydrogens (tertiary/aromatic N) is 4. The van der Waals surface area contributed by atoms with E-state index in [1.165, 1.54) is 4.90 Å². The molecule has 9 nitrogen and oxygen atoms in total. The number of aromatic nitrogens is 3. The van der Waals surface area contributed by atoms with E-state index in [4.69, 9.17) is 4.74 Å². The Kier molecular flexibility index (Phi) is 5.92. The van der Waals surface area contributed by atoms with Crippen LogP contribution in [0.3, 0.4) is 0 Å². The summed E-state index contributed by atoms with van der Waals surface area (Å²) in [5.41, 5.74) is 1.13. The molecule has 142 valence electrons. The minimum atomic E-state index is -0.580. The molecule has 0 spiro atoms. The number of nitrogens with one attached hydrogen (secondary N) is 2. The Balaban J connectivity index is 1.65. The lowest BCUT2D eigenvalue weighted by Gasteiger charge is -2.23. The van der Waals surface area contributed by atoms with Crippen molar-refractivity contribution in [3.63, 3.8) is 0 Å². The van der Waals surface area contributed by atoms with Gasteiger partial charge >= 0.3 is 0 Å². The van der Waals surface area contributed by atoms with Crippen LogP contribution >= 0.6 is 0 Å². The fraction of sp³-hybridized carbons (Fsp3) is 0.389. The third-order valence-corrected chi connectivity index (χ3v) is 4.26. The van der Waals surface area contributed by atoms with Crippen molar-refractivity contribution in [3.05, 3.63) is 41.9 Å². The van der Waals surface area contributed by atoms with Crippen LogP contribution in [0.5, 0.6) is 0 Å². The van der Waals surface area contributed by atoms with Gasteiger partial charge in [-0.05, 0) is 25.5 Å². The number of ether oxygens (including phenoxy) is 1. The molecule has 0 saturated carbocycles. The lowest BCUT2D eigenvalue weighted by Crippen LogP contribution is -2.45. The Labute approximate surface area is 157 Å². The van der Waals surface area contributed by atoms with E-state index >= 15 is 0 Å². The van der Waals surface area contributed by atoms with Gasteiger partial charge in [0.05, 0.1) is 0 Å². The van der Waals surface area contributed by atoms with Crippen molar-refractivity contribution in [2.75, 3.05) is 25.6 Å². The maximum Gasteiger partial charge on any atom is 0.273 e. The molecule has 0 saturated heterocycles. The van der Waals surface area contributed by atoms with Crippen LogP contribution in [0, 0.1) is 0 Å². The standard InChI is InChI=1S/C18H22N6O3/c1-12(16(25)19-9-4-10-27-2)24-11-13-5-6-14(22-15(13)17(24)26)23-18-20-7-3-8-21-18/h3,5-8,12H,4,9-11H2,1-2H3,(H,19,25)(H,20,21,22,23)/t12-/m1/s1. The van der Waals surface area contributed by atoms with Gasteiger partial charge in [-0.15, -0.1) is 0 Å². The molecule has 2 aromatic heterocycles. The van der Waals surface area contributed by atoms with Gasteiger partial charge in [0.25, 0.3) is 5.91 Å². The molecular formula is C18H22N6O3. The molecule has 27 heavy (non-hydrogen) atoms. The Morgan fingerprint density at radius 3 is 2.85 bits per heavy atom. The fourth-order valence-electron chi connectivity index (χ4n) is 2.77. The van der Waals surface area contributed by atoms with E-state index in [1.54, 1.807) is 38.6 Å². The van der Waals surface area contributed by atoms with Gasteiger partial charge in [-0.25, -0.2) is 15.0 Å². The quantitative estimate of drug-likeness (QED) is 0.670. The second-order valence-electron chi connectivity index (χ2n) is 6.15. The summed E-state index contributed by atoms with van der Waals surface area (Å²) in [6, 6.07) is 4.73. The van der Waals surface area contributed by atoms with Crippen LogP contribution in [0.2, 0.25) is 0 Å². The molecule has 2 amide bonds. The molecule has 0 radical (unpaired) electrons. The summed E-state index contributed by atoms with van der Waals surface area (Å²) in [4.78, 5) is 39.1. The first-order valence-electron chi connectivity index (χ1n) is 8.71. The monoisotopic (exact) mass is 370 g/mol. The number of amides is 2. The smallest absolute Gasteiger partial charge is 0.273 e. The van der Waals surface area contributed by atoms with Crippen molar-refractivity contribution >= 4 is 23.6 Å². The van der Waals surface area contributed by atoms with Crippen molar-refractivity contribution in [1.82, 2.24) is 25.2 Å². The lowest BCUT2D eigenvalue weighted by molar-refractivity contribution is -0.125. The van der Waals surface area contributed by atoms with E-state index in [0.29, 0.717) is 37.2 Å².